The van der Waals surface area contributed by atoms with E-state index in [2.05, 4.69) is 81.5 Å². The SMILES string of the molecule is CC/C=C\C/C=C\C/C=C\C/C=C\CCCCCCCCCCCCCCCCCCCCCCCCC(=O)OCC(COC(=O)CCCCCCCCC)OC(=O)CCCCCCCCCCCCC/C=C\CCCCCCCCCC. The molecule has 1 atom stereocenters. The third-order valence-corrected chi connectivity index (χ3v) is 16.5. The highest BCUT2D eigenvalue weighted by molar-refractivity contribution is 5.71. The number of hydrogen-bond acceptors (Lipinski definition) is 6. The van der Waals surface area contributed by atoms with Crippen molar-refractivity contribution in [3.63, 3.8) is 0 Å². The third-order valence-electron chi connectivity index (χ3n) is 16.5. The lowest BCUT2D eigenvalue weighted by Crippen LogP contribution is -2.30. The van der Waals surface area contributed by atoms with Crippen molar-refractivity contribution < 1.29 is 28.6 Å². The summed E-state index contributed by atoms with van der Waals surface area (Å²) < 4.78 is 16.9. The fourth-order valence-electron chi connectivity index (χ4n) is 11.0. The Hall–Kier alpha value is -2.89. The molecule has 484 valence electrons. The zero-order chi connectivity index (χ0) is 59.9. The molecular formula is C77H140O6. The van der Waals surface area contributed by atoms with Crippen molar-refractivity contribution >= 4 is 17.9 Å². The molecule has 0 amide bonds. The van der Waals surface area contributed by atoms with Gasteiger partial charge in [0.15, 0.2) is 6.10 Å². The van der Waals surface area contributed by atoms with E-state index < -0.39 is 6.10 Å². The van der Waals surface area contributed by atoms with Crippen LogP contribution in [0.15, 0.2) is 60.8 Å². The minimum absolute atomic E-state index is 0.0679. The molecule has 1 unspecified atom stereocenters. The Balaban J connectivity index is 3.96. The van der Waals surface area contributed by atoms with E-state index in [4.69, 9.17) is 14.2 Å². The second kappa shape index (κ2) is 71.6. The van der Waals surface area contributed by atoms with E-state index in [1.165, 1.54) is 270 Å². The van der Waals surface area contributed by atoms with Crippen LogP contribution in [0.5, 0.6) is 0 Å². The van der Waals surface area contributed by atoms with Crippen molar-refractivity contribution in [2.75, 3.05) is 13.2 Å². The summed E-state index contributed by atoms with van der Waals surface area (Å²) in [4.78, 5) is 38.2. The number of unbranched alkanes of at least 4 members (excludes halogenated alkanes) is 47. The van der Waals surface area contributed by atoms with E-state index in [1.807, 2.05) is 0 Å². The van der Waals surface area contributed by atoms with Crippen LogP contribution in [0.4, 0.5) is 0 Å². The summed E-state index contributed by atoms with van der Waals surface area (Å²) in [5.41, 5.74) is 0. The maximum absolute atomic E-state index is 12.9. The molecule has 0 rings (SSSR count). The maximum atomic E-state index is 12.9. The van der Waals surface area contributed by atoms with E-state index in [-0.39, 0.29) is 31.1 Å². The molecule has 6 heteroatoms. The largest absolute Gasteiger partial charge is 0.462 e. The Bertz CT molecular complexity index is 1470. The highest BCUT2D eigenvalue weighted by Crippen LogP contribution is 2.19. The molecule has 0 aliphatic rings. The van der Waals surface area contributed by atoms with Crippen LogP contribution in [-0.4, -0.2) is 37.2 Å². The van der Waals surface area contributed by atoms with Crippen molar-refractivity contribution in [1.29, 1.82) is 0 Å². The minimum Gasteiger partial charge on any atom is -0.462 e. The first-order valence-electron chi connectivity index (χ1n) is 36.8. The standard InChI is InChI=1S/C77H140O6/c1-4-7-10-13-16-18-20-22-24-26-28-30-32-33-34-35-36-37-38-39-40-41-42-43-45-46-48-50-52-54-56-58-61-64-67-70-76(79)82-73-74(72-81-75(78)69-66-63-60-15-12-9-6-3)83-77(80)71-68-65-62-59-57-55-53-51-49-47-44-31-29-27-25-23-21-19-17-14-11-8-5-2/h7,10,16,18,22,24,27-30,74H,4-6,8-9,11-15,17,19-21,23,25-26,31-73H2,1-3H3/b10-7-,18-16-,24-22-,29-27-,30-28-. The second-order valence-electron chi connectivity index (χ2n) is 24.8. The van der Waals surface area contributed by atoms with Crippen molar-refractivity contribution in [2.24, 2.45) is 0 Å². The van der Waals surface area contributed by atoms with Crippen LogP contribution >= 0.6 is 0 Å². The van der Waals surface area contributed by atoms with E-state index in [0.717, 1.165) is 83.5 Å². The average Bonchev–Trinajstić information content (AvgIpc) is 3.49. The van der Waals surface area contributed by atoms with Gasteiger partial charge in [-0.25, -0.2) is 0 Å². The van der Waals surface area contributed by atoms with E-state index in [1.54, 1.807) is 0 Å². The summed E-state index contributed by atoms with van der Waals surface area (Å²) in [6.45, 7) is 6.55. The Morgan fingerprint density at radius 1 is 0.253 bits per heavy atom. The van der Waals surface area contributed by atoms with Crippen LogP contribution in [0.3, 0.4) is 0 Å². The molecule has 0 saturated carbocycles. The van der Waals surface area contributed by atoms with E-state index >= 15 is 0 Å². The Kier molecular flexibility index (Phi) is 69.1. The highest BCUT2D eigenvalue weighted by Gasteiger charge is 2.19. The van der Waals surface area contributed by atoms with Crippen LogP contribution in [0.25, 0.3) is 0 Å². The minimum atomic E-state index is -0.769. The summed E-state index contributed by atoms with van der Waals surface area (Å²) in [7, 11) is 0. The first kappa shape index (κ1) is 80.1. The number of esters is 3. The summed E-state index contributed by atoms with van der Waals surface area (Å²) in [6, 6.07) is 0. The number of ether oxygens (including phenoxy) is 3. The number of allylic oxidation sites excluding steroid dienone is 10. The van der Waals surface area contributed by atoms with Gasteiger partial charge in [-0.3, -0.25) is 14.4 Å². The molecular weight excluding hydrogens is 1020 g/mol. The summed E-state index contributed by atoms with van der Waals surface area (Å²) in [5, 5.41) is 0. The van der Waals surface area contributed by atoms with Gasteiger partial charge in [0.2, 0.25) is 0 Å². The fourth-order valence-corrected chi connectivity index (χ4v) is 11.0. The Morgan fingerprint density at radius 2 is 0.470 bits per heavy atom. The molecule has 0 N–H and O–H groups in total. The van der Waals surface area contributed by atoms with Crippen molar-refractivity contribution in [2.45, 2.75) is 399 Å². The molecule has 0 spiro atoms. The third kappa shape index (κ3) is 69.8. The predicted molar refractivity (Wildman–Crippen MR) is 362 cm³/mol. The molecule has 0 aromatic rings. The van der Waals surface area contributed by atoms with Crippen LogP contribution in [0.1, 0.15) is 393 Å². The van der Waals surface area contributed by atoms with Crippen molar-refractivity contribution in [3.05, 3.63) is 60.8 Å². The lowest BCUT2D eigenvalue weighted by molar-refractivity contribution is -0.167. The van der Waals surface area contributed by atoms with E-state index in [9.17, 15) is 14.4 Å². The first-order valence-corrected chi connectivity index (χ1v) is 36.8. The van der Waals surface area contributed by atoms with Gasteiger partial charge in [0.05, 0.1) is 0 Å². The number of carbonyl (C=O) groups excluding carboxylic acids is 3. The molecule has 0 radical (unpaired) electrons. The smallest absolute Gasteiger partial charge is 0.306 e. The number of hydrogen-bond donors (Lipinski definition) is 0. The van der Waals surface area contributed by atoms with Gasteiger partial charge >= 0.3 is 17.9 Å². The van der Waals surface area contributed by atoms with Gasteiger partial charge in [0, 0.05) is 19.3 Å². The quantitative estimate of drug-likeness (QED) is 0.0261. The normalized spacial score (nSPS) is 12.4. The predicted octanol–water partition coefficient (Wildman–Crippen LogP) is 25.5. The lowest BCUT2D eigenvalue weighted by atomic mass is 10.0. The maximum Gasteiger partial charge on any atom is 0.306 e. The van der Waals surface area contributed by atoms with Gasteiger partial charge in [-0.05, 0) is 83.5 Å². The van der Waals surface area contributed by atoms with Crippen molar-refractivity contribution in [1.82, 2.24) is 0 Å². The van der Waals surface area contributed by atoms with Gasteiger partial charge in [0.1, 0.15) is 13.2 Å². The Morgan fingerprint density at radius 3 is 0.747 bits per heavy atom. The number of carbonyl (C=O) groups is 3. The summed E-state index contributed by atoms with van der Waals surface area (Å²) >= 11 is 0. The molecule has 0 saturated heterocycles. The molecule has 0 fully saturated rings. The summed E-state index contributed by atoms with van der Waals surface area (Å²) in [5.74, 6) is -0.850. The first-order chi connectivity index (χ1) is 41.0. The lowest BCUT2D eigenvalue weighted by Gasteiger charge is -2.18. The topological polar surface area (TPSA) is 78.9 Å². The fraction of sp³-hybridized carbons (Fsp3) is 0.831. The van der Waals surface area contributed by atoms with Gasteiger partial charge in [-0.1, -0.05) is 351 Å². The van der Waals surface area contributed by atoms with Crippen LogP contribution in [0.2, 0.25) is 0 Å². The van der Waals surface area contributed by atoms with Crippen LogP contribution in [0, 0.1) is 0 Å². The highest BCUT2D eigenvalue weighted by atomic mass is 16.6. The zero-order valence-corrected chi connectivity index (χ0v) is 55.7. The second-order valence-corrected chi connectivity index (χ2v) is 24.8. The van der Waals surface area contributed by atoms with Gasteiger partial charge in [-0.15, -0.1) is 0 Å². The van der Waals surface area contributed by atoms with E-state index in [0.29, 0.717) is 19.3 Å². The molecule has 83 heavy (non-hydrogen) atoms. The van der Waals surface area contributed by atoms with Gasteiger partial charge in [-0.2, -0.15) is 0 Å². The van der Waals surface area contributed by atoms with Crippen LogP contribution < -0.4 is 0 Å². The molecule has 0 aromatic carbocycles. The summed E-state index contributed by atoms with van der Waals surface area (Å²) in [6.07, 6.45) is 93.0. The molecule has 0 aromatic heterocycles. The van der Waals surface area contributed by atoms with Gasteiger partial charge < -0.3 is 14.2 Å². The average molecular weight is 1160 g/mol. The molecule has 6 nitrogen and oxygen atoms in total. The zero-order valence-electron chi connectivity index (χ0n) is 55.7. The van der Waals surface area contributed by atoms with Crippen LogP contribution in [-0.2, 0) is 28.6 Å². The molecule has 0 bridgehead atoms. The molecule has 0 heterocycles. The molecule has 0 aliphatic heterocycles. The number of rotatable bonds is 68. The molecule has 0 aliphatic carbocycles. The van der Waals surface area contributed by atoms with Crippen molar-refractivity contribution in [3.8, 4) is 0 Å². The van der Waals surface area contributed by atoms with Gasteiger partial charge in [0.25, 0.3) is 0 Å². The monoisotopic (exact) mass is 1160 g/mol. The Labute approximate surface area is 517 Å².